The Bertz CT molecular complexity index is 1300. The Labute approximate surface area is 211 Å². The third kappa shape index (κ3) is 4.92. The molecule has 0 bridgehead atoms. The van der Waals surface area contributed by atoms with Crippen molar-refractivity contribution in [1.29, 1.82) is 0 Å². The SMILES string of the molecule is COc1cc(C)[nH]c(=O)c1CNC(=O)c1c(C)n(CC2CCC(NC3COC3)CC2)c2ccccc12. The number of benzene rings is 1. The lowest BCUT2D eigenvalue weighted by Gasteiger charge is -2.35. The second-order valence-corrected chi connectivity index (χ2v) is 10.2. The van der Waals surface area contributed by atoms with Gasteiger partial charge in [0.2, 0.25) is 0 Å². The average Bonchev–Trinajstić information content (AvgIpc) is 3.12. The number of amides is 1. The topological polar surface area (TPSA) is 97.4 Å². The van der Waals surface area contributed by atoms with E-state index in [4.69, 9.17) is 9.47 Å². The van der Waals surface area contributed by atoms with Gasteiger partial charge >= 0.3 is 0 Å². The molecule has 2 aliphatic rings. The summed E-state index contributed by atoms with van der Waals surface area (Å²) in [6.07, 6.45) is 4.71. The number of aromatic nitrogens is 2. The lowest BCUT2D eigenvalue weighted by Crippen LogP contribution is -2.51. The molecule has 1 saturated carbocycles. The molecule has 192 valence electrons. The predicted octanol–water partition coefficient (Wildman–Crippen LogP) is 3.43. The zero-order valence-corrected chi connectivity index (χ0v) is 21.4. The van der Waals surface area contributed by atoms with E-state index in [0.29, 0.717) is 40.6 Å². The minimum absolute atomic E-state index is 0.0968. The van der Waals surface area contributed by atoms with Crippen molar-refractivity contribution in [2.24, 2.45) is 5.92 Å². The number of methoxy groups -OCH3 is 1. The molecule has 3 heterocycles. The molecule has 1 aromatic carbocycles. The van der Waals surface area contributed by atoms with Crippen molar-refractivity contribution in [3.05, 3.63) is 63.2 Å². The fourth-order valence-corrected chi connectivity index (χ4v) is 5.68. The van der Waals surface area contributed by atoms with Crippen molar-refractivity contribution in [3.63, 3.8) is 0 Å². The van der Waals surface area contributed by atoms with Crippen LogP contribution >= 0.6 is 0 Å². The number of hydrogen-bond acceptors (Lipinski definition) is 5. The first-order valence-electron chi connectivity index (χ1n) is 12.9. The van der Waals surface area contributed by atoms with E-state index >= 15 is 0 Å². The number of ether oxygens (including phenoxy) is 2. The van der Waals surface area contributed by atoms with Crippen LogP contribution in [0.15, 0.2) is 35.1 Å². The minimum Gasteiger partial charge on any atom is -0.496 e. The first-order chi connectivity index (χ1) is 17.4. The third-order valence-corrected chi connectivity index (χ3v) is 7.73. The number of para-hydroxylation sites is 1. The molecule has 1 aliphatic carbocycles. The van der Waals surface area contributed by atoms with Crippen LogP contribution in [0.2, 0.25) is 0 Å². The van der Waals surface area contributed by atoms with Crippen LogP contribution in [-0.4, -0.2) is 47.9 Å². The Morgan fingerprint density at radius 2 is 1.89 bits per heavy atom. The summed E-state index contributed by atoms with van der Waals surface area (Å²) in [5.41, 5.74) is 3.60. The monoisotopic (exact) mass is 492 g/mol. The molecule has 0 spiro atoms. The number of hydrogen-bond donors (Lipinski definition) is 3. The number of pyridine rings is 1. The number of carbonyl (C=O) groups excluding carboxylic acids is 1. The molecule has 3 aromatic rings. The van der Waals surface area contributed by atoms with Gasteiger partial charge in [-0.25, -0.2) is 0 Å². The van der Waals surface area contributed by atoms with Crippen molar-refractivity contribution in [3.8, 4) is 5.75 Å². The number of carbonyl (C=O) groups is 1. The maximum atomic E-state index is 13.4. The zero-order valence-electron chi connectivity index (χ0n) is 21.4. The van der Waals surface area contributed by atoms with E-state index in [1.165, 1.54) is 32.8 Å². The molecular weight excluding hydrogens is 456 g/mol. The van der Waals surface area contributed by atoms with Gasteiger partial charge in [0.15, 0.2) is 0 Å². The van der Waals surface area contributed by atoms with E-state index in [2.05, 4.69) is 26.3 Å². The average molecular weight is 493 g/mol. The van der Waals surface area contributed by atoms with Crippen LogP contribution in [0.25, 0.3) is 10.9 Å². The van der Waals surface area contributed by atoms with Gasteiger partial charge in [-0.3, -0.25) is 9.59 Å². The first-order valence-corrected chi connectivity index (χ1v) is 12.9. The molecule has 0 radical (unpaired) electrons. The number of fused-ring (bicyclic) bond motifs is 1. The van der Waals surface area contributed by atoms with Gasteiger partial charge in [-0.15, -0.1) is 0 Å². The van der Waals surface area contributed by atoms with E-state index in [9.17, 15) is 9.59 Å². The van der Waals surface area contributed by atoms with Gasteiger partial charge in [-0.1, -0.05) is 18.2 Å². The van der Waals surface area contributed by atoms with Crippen molar-refractivity contribution in [1.82, 2.24) is 20.2 Å². The lowest BCUT2D eigenvalue weighted by atomic mass is 9.85. The number of rotatable bonds is 8. The van der Waals surface area contributed by atoms with Gasteiger partial charge in [0.05, 0.1) is 44.0 Å². The fraction of sp³-hybridized carbons (Fsp3) is 0.500. The Balaban J connectivity index is 1.32. The zero-order chi connectivity index (χ0) is 25.2. The van der Waals surface area contributed by atoms with E-state index < -0.39 is 0 Å². The van der Waals surface area contributed by atoms with Gasteiger partial charge in [-0.05, 0) is 57.6 Å². The normalized spacial score (nSPS) is 20.3. The number of aryl methyl sites for hydroxylation is 1. The van der Waals surface area contributed by atoms with Gasteiger partial charge in [0.25, 0.3) is 11.5 Å². The summed E-state index contributed by atoms with van der Waals surface area (Å²) < 4.78 is 13.0. The van der Waals surface area contributed by atoms with Gasteiger partial charge < -0.3 is 29.7 Å². The van der Waals surface area contributed by atoms with Crippen LogP contribution in [0, 0.1) is 19.8 Å². The van der Waals surface area contributed by atoms with Crippen molar-refractivity contribution in [2.75, 3.05) is 20.3 Å². The maximum absolute atomic E-state index is 13.4. The van der Waals surface area contributed by atoms with Crippen molar-refractivity contribution < 1.29 is 14.3 Å². The number of nitrogens with one attached hydrogen (secondary N) is 3. The summed E-state index contributed by atoms with van der Waals surface area (Å²) in [7, 11) is 1.53. The molecule has 0 atom stereocenters. The van der Waals surface area contributed by atoms with Crippen LogP contribution in [0.5, 0.6) is 5.75 Å². The third-order valence-electron chi connectivity index (χ3n) is 7.73. The predicted molar refractivity (Wildman–Crippen MR) is 140 cm³/mol. The molecule has 2 aromatic heterocycles. The number of aromatic amines is 1. The van der Waals surface area contributed by atoms with Gasteiger partial charge in [0, 0.05) is 34.9 Å². The molecule has 5 rings (SSSR count). The van der Waals surface area contributed by atoms with Crippen LogP contribution in [0.1, 0.15) is 53.0 Å². The smallest absolute Gasteiger partial charge is 0.256 e. The molecule has 8 heteroatoms. The molecule has 1 amide bonds. The Hall–Kier alpha value is -3.10. The van der Waals surface area contributed by atoms with Crippen LogP contribution in [0.4, 0.5) is 0 Å². The molecule has 36 heavy (non-hydrogen) atoms. The summed E-state index contributed by atoms with van der Waals surface area (Å²) in [5, 5.41) is 7.63. The molecular formula is C28H36N4O4. The first kappa shape index (κ1) is 24.6. The van der Waals surface area contributed by atoms with Gasteiger partial charge in [0.1, 0.15) is 5.75 Å². The summed E-state index contributed by atoms with van der Waals surface area (Å²) in [5.74, 6) is 0.882. The molecule has 1 aliphatic heterocycles. The van der Waals surface area contributed by atoms with Crippen LogP contribution < -0.4 is 20.9 Å². The van der Waals surface area contributed by atoms with E-state index in [1.807, 2.05) is 25.1 Å². The number of nitrogens with zero attached hydrogens (tertiary/aromatic N) is 1. The van der Waals surface area contributed by atoms with Crippen molar-refractivity contribution >= 4 is 16.8 Å². The fourth-order valence-electron chi connectivity index (χ4n) is 5.68. The minimum atomic E-state index is -0.249. The molecule has 0 unspecified atom stereocenters. The Morgan fingerprint density at radius 1 is 1.14 bits per heavy atom. The maximum Gasteiger partial charge on any atom is 0.256 e. The highest BCUT2D eigenvalue weighted by Crippen LogP contribution is 2.31. The summed E-state index contributed by atoms with van der Waals surface area (Å²) >= 11 is 0. The quantitative estimate of drug-likeness (QED) is 0.448. The summed E-state index contributed by atoms with van der Waals surface area (Å²) in [6, 6.07) is 11.0. The largest absolute Gasteiger partial charge is 0.496 e. The van der Waals surface area contributed by atoms with Crippen LogP contribution in [-0.2, 0) is 17.8 Å². The summed E-state index contributed by atoms with van der Waals surface area (Å²) in [6.45, 7) is 6.51. The molecule has 1 saturated heterocycles. The highest BCUT2D eigenvalue weighted by atomic mass is 16.5. The summed E-state index contributed by atoms with van der Waals surface area (Å²) in [4.78, 5) is 28.7. The number of H-pyrrole nitrogens is 1. The van der Waals surface area contributed by atoms with Crippen LogP contribution in [0.3, 0.4) is 0 Å². The second-order valence-electron chi connectivity index (χ2n) is 10.2. The van der Waals surface area contributed by atoms with E-state index in [1.54, 1.807) is 13.0 Å². The second kappa shape index (κ2) is 10.5. The molecule has 3 N–H and O–H groups in total. The van der Waals surface area contributed by atoms with E-state index in [0.717, 1.165) is 36.4 Å². The van der Waals surface area contributed by atoms with Gasteiger partial charge in [-0.2, -0.15) is 0 Å². The standard InChI is InChI=1S/C28H36N4O4/c1-17-12-25(35-3)23(27(33)30-17)13-29-28(34)26-18(2)32(24-7-5-4-6-22(24)26)14-19-8-10-20(11-9-19)31-21-15-36-16-21/h4-7,12,19-21,31H,8-11,13-16H2,1-3H3,(H,29,34)(H,30,33). The highest BCUT2D eigenvalue weighted by molar-refractivity contribution is 6.08. The molecule has 2 fully saturated rings. The van der Waals surface area contributed by atoms with Crippen molar-refractivity contribution in [2.45, 2.75) is 64.7 Å². The highest BCUT2D eigenvalue weighted by Gasteiger charge is 2.28. The van der Waals surface area contributed by atoms with E-state index in [-0.39, 0.29) is 18.0 Å². The Morgan fingerprint density at radius 3 is 2.58 bits per heavy atom. The molecule has 8 nitrogen and oxygen atoms in total. The lowest BCUT2D eigenvalue weighted by molar-refractivity contribution is -0.0128. The Kier molecular flexibility index (Phi) is 7.16.